The normalized spacial score (nSPS) is 10.2. The van der Waals surface area contributed by atoms with E-state index in [4.69, 9.17) is 0 Å². The Labute approximate surface area is 110 Å². The lowest BCUT2D eigenvalue weighted by atomic mass is 10.2. The Bertz CT molecular complexity index is 587. The molecule has 0 saturated carbocycles. The van der Waals surface area contributed by atoms with E-state index in [0.717, 1.165) is 11.8 Å². The van der Waals surface area contributed by atoms with E-state index in [9.17, 15) is 9.59 Å². The Kier molecular flexibility index (Phi) is 4.07. The van der Waals surface area contributed by atoms with Crippen molar-refractivity contribution in [1.82, 2.24) is 14.9 Å². The number of aromatic nitrogens is 2. The molecule has 5 heteroatoms. The van der Waals surface area contributed by atoms with Crippen LogP contribution in [-0.2, 0) is 6.54 Å². The van der Waals surface area contributed by atoms with Gasteiger partial charge < -0.3 is 9.88 Å². The van der Waals surface area contributed by atoms with E-state index in [2.05, 4.69) is 9.97 Å². The largest absolute Gasteiger partial charge is 0.333 e. The van der Waals surface area contributed by atoms with Gasteiger partial charge in [0.05, 0.1) is 6.20 Å². The van der Waals surface area contributed by atoms with E-state index in [1.165, 1.54) is 6.20 Å². The summed E-state index contributed by atoms with van der Waals surface area (Å²) in [7, 11) is 0. The molecule has 1 amide bonds. The van der Waals surface area contributed by atoms with E-state index in [1.54, 1.807) is 4.90 Å². The maximum Gasteiger partial charge on any atom is 0.274 e. The molecular weight excluding hydrogens is 242 g/mol. The van der Waals surface area contributed by atoms with Crippen molar-refractivity contribution in [3.63, 3.8) is 0 Å². The predicted molar refractivity (Wildman–Crippen MR) is 71.7 cm³/mol. The Hall–Kier alpha value is -2.43. The Morgan fingerprint density at radius 1 is 1.32 bits per heavy atom. The molecule has 0 radical (unpaired) electrons. The lowest BCUT2D eigenvalue weighted by molar-refractivity contribution is 0.0746. The van der Waals surface area contributed by atoms with Crippen molar-refractivity contribution < 1.29 is 4.79 Å². The van der Waals surface area contributed by atoms with E-state index in [0.29, 0.717) is 13.1 Å². The molecule has 0 saturated heterocycles. The maximum absolute atomic E-state index is 12.2. The molecular formula is C14H15N3O2. The number of hydrogen-bond acceptors (Lipinski definition) is 3. The highest BCUT2D eigenvalue weighted by molar-refractivity contribution is 5.91. The molecule has 0 atom stereocenters. The van der Waals surface area contributed by atoms with Crippen molar-refractivity contribution in [2.75, 3.05) is 6.54 Å². The first-order chi connectivity index (χ1) is 9.20. The molecule has 98 valence electrons. The molecule has 0 aliphatic rings. The number of benzene rings is 1. The van der Waals surface area contributed by atoms with Gasteiger partial charge in [0.25, 0.3) is 11.5 Å². The lowest BCUT2D eigenvalue weighted by Crippen LogP contribution is -2.31. The summed E-state index contributed by atoms with van der Waals surface area (Å²) < 4.78 is 0. The molecule has 0 spiro atoms. The van der Waals surface area contributed by atoms with Gasteiger partial charge in [0.15, 0.2) is 0 Å². The van der Waals surface area contributed by atoms with Crippen LogP contribution in [-0.4, -0.2) is 27.3 Å². The van der Waals surface area contributed by atoms with Crippen LogP contribution >= 0.6 is 0 Å². The molecule has 1 heterocycles. The highest BCUT2D eigenvalue weighted by atomic mass is 16.2. The number of rotatable bonds is 4. The highest BCUT2D eigenvalue weighted by Crippen LogP contribution is 2.07. The minimum absolute atomic E-state index is 0.192. The van der Waals surface area contributed by atoms with Gasteiger partial charge in [-0.25, -0.2) is 4.98 Å². The van der Waals surface area contributed by atoms with Crippen molar-refractivity contribution in [3.8, 4) is 0 Å². The number of carbonyl (C=O) groups is 1. The second kappa shape index (κ2) is 5.95. The van der Waals surface area contributed by atoms with Crippen molar-refractivity contribution in [2.24, 2.45) is 0 Å². The topological polar surface area (TPSA) is 66.1 Å². The van der Waals surface area contributed by atoms with Crippen LogP contribution in [0, 0.1) is 0 Å². The second-order valence-electron chi connectivity index (χ2n) is 4.10. The van der Waals surface area contributed by atoms with E-state index in [-0.39, 0.29) is 17.2 Å². The molecule has 0 fully saturated rings. The molecule has 2 rings (SSSR count). The zero-order valence-electron chi connectivity index (χ0n) is 10.7. The molecule has 0 aliphatic heterocycles. The van der Waals surface area contributed by atoms with Crippen LogP contribution in [0.15, 0.2) is 47.5 Å². The van der Waals surface area contributed by atoms with E-state index < -0.39 is 0 Å². The Balaban J connectivity index is 2.15. The SMILES string of the molecule is CCN(Cc1ccccc1)C(=O)c1c[nH]c(=O)cn1. The number of amides is 1. The van der Waals surface area contributed by atoms with Crippen molar-refractivity contribution in [1.29, 1.82) is 0 Å². The average molecular weight is 257 g/mol. The summed E-state index contributed by atoms with van der Waals surface area (Å²) in [6, 6.07) is 9.75. The number of aromatic amines is 1. The van der Waals surface area contributed by atoms with Crippen molar-refractivity contribution in [3.05, 3.63) is 64.3 Å². The van der Waals surface area contributed by atoms with Gasteiger partial charge in [-0.15, -0.1) is 0 Å². The van der Waals surface area contributed by atoms with Crippen LogP contribution in [0.4, 0.5) is 0 Å². The summed E-state index contributed by atoms with van der Waals surface area (Å²) in [5.41, 5.74) is 0.988. The number of H-pyrrole nitrogens is 1. The van der Waals surface area contributed by atoms with Gasteiger partial charge in [-0.05, 0) is 12.5 Å². The lowest BCUT2D eigenvalue weighted by Gasteiger charge is -2.20. The molecule has 0 aliphatic carbocycles. The first-order valence-corrected chi connectivity index (χ1v) is 6.08. The molecule has 0 bridgehead atoms. The second-order valence-corrected chi connectivity index (χ2v) is 4.10. The van der Waals surface area contributed by atoms with Crippen LogP contribution in [0.25, 0.3) is 0 Å². The third-order valence-electron chi connectivity index (χ3n) is 2.78. The Morgan fingerprint density at radius 3 is 2.63 bits per heavy atom. The van der Waals surface area contributed by atoms with Gasteiger partial charge in [0.2, 0.25) is 0 Å². The fourth-order valence-electron chi connectivity index (χ4n) is 1.75. The van der Waals surface area contributed by atoms with Crippen LogP contribution in [0.3, 0.4) is 0 Å². The van der Waals surface area contributed by atoms with Gasteiger partial charge in [-0.3, -0.25) is 9.59 Å². The summed E-state index contributed by atoms with van der Waals surface area (Å²) in [5, 5.41) is 0. The van der Waals surface area contributed by atoms with Crippen LogP contribution in [0.5, 0.6) is 0 Å². The van der Waals surface area contributed by atoms with Crippen LogP contribution < -0.4 is 5.56 Å². The highest BCUT2D eigenvalue weighted by Gasteiger charge is 2.15. The standard InChI is InChI=1S/C14H15N3O2/c1-2-17(10-11-6-4-3-5-7-11)14(19)12-8-16-13(18)9-15-12/h3-9H,2,10H2,1H3,(H,16,18). The molecule has 5 nitrogen and oxygen atoms in total. The third-order valence-corrected chi connectivity index (χ3v) is 2.78. The fourth-order valence-corrected chi connectivity index (χ4v) is 1.75. The van der Waals surface area contributed by atoms with Gasteiger partial charge in [0, 0.05) is 19.3 Å². The monoisotopic (exact) mass is 257 g/mol. The van der Waals surface area contributed by atoms with E-state index >= 15 is 0 Å². The molecule has 19 heavy (non-hydrogen) atoms. The smallest absolute Gasteiger partial charge is 0.274 e. The molecule has 1 aromatic heterocycles. The maximum atomic E-state index is 12.2. The van der Waals surface area contributed by atoms with Crippen LogP contribution in [0.2, 0.25) is 0 Å². The first-order valence-electron chi connectivity index (χ1n) is 6.08. The zero-order chi connectivity index (χ0) is 13.7. The molecule has 2 aromatic rings. The molecule has 1 N–H and O–H groups in total. The van der Waals surface area contributed by atoms with Gasteiger partial charge in [0.1, 0.15) is 5.69 Å². The minimum atomic E-state index is -0.317. The molecule has 0 unspecified atom stereocenters. The quantitative estimate of drug-likeness (QED) is 0.901. The zero-order valence-corrected chi connectivity index (χ0v) is 10.7. The van der Waals surface area contributed by atoms with Crippen molar-refractivity contribution in [2.45, 2.75) is 13.5 Å². The minimum Gasteiger partial charge on any atom is -0.333 e. The first kappa shape index (κ1) is 13.0. The fraction of sp³-hybridized carbons (Fsp3) is 0.214. The third kappa shape index (κ3) is 3.28. The summed E-state index contributed by atoms with van der Waals surface area (Å²) >= 11 is 0. The summed E-state index contributed by atoms with van der Waals surface area (Å²) in [6.07, 6.45) is 2.46. The number of nitrogens with zero attached hydrogens (tertiary/aromatic N) is 2. The summed E-state index contributed by atoms with van der Waals surface area (Å²) in [4.78, 5) is 31.2. The molecule has 1 aromatic carbocycles. The summed E-state index contributed by atoms with van der Waals surface area (Å²) in [5.74, 6) is -0.192. The van der Waals surface area contributed by atoms with Crippen molar-refractivity contribution >= 4 is 5.91 Å². The number of carbonyl (C=O) groups excluding carboxylic acids is 1. The van der Waals surface area contributed by atoms with Gasteiger partial charge in [-0.1, -0.05) is 30.3 Å². The number of nitrogens with one attached hydrogen (secondary N) is 1. The van der Waals surface area contributed by atoms with Gasteiger partial charge in [-0.2, -0.15) is 0 Å². The summed E-state index contributed by atoms with van der Waals surface area (Å²) in [6.45, 7) is 3.01. The van der Waals surface area contributed by atoms with Crippen LogP contribution in [0.1, 0.15) is 23.0 Å². The predicted octanol–water partition coefficient (Wildman–Crippen LogP) is 1.43. The number of hydrogen-bond donors (Lipinski definition) is 1. The van der Waals surface area contributed by atoms with E-state index in [1.807, 2.05) is 37.3 Å². The average Bonchev–Trinajstić information content (AvgIpc) is 2.46. The van der Waals surface area contributed by atoms with Gasteiger partial charge >= 0.3 is 0 Å². The Morgan fingerprint density at radius 2 is 2.05 bits per heavy atom.